The van der Waals surface area contributed by atoms with Crippen LogP contribution in [0.15, 0.2) is 60.7 Å². The Balaban J connectivity index is 1.43. The molecule has 1 aliphatic rings. The van der Waals surface area contributed by atoms with Gasteiger partial charge in [-0.2, -0.15) is 0 Å². The Morgan fingerprint density at radius 2 is 1.86 bits per heavy atom. The maximum Gasteiger partial charge on any atom is 0.229 e. The highest BCUT2D eigenvalue weighted by atomic mass is 35.5. The molecule has 1 aliphatic heterocycles. The molecule has 1 atom stereocenters. The van der Waals surface area contributed by atoms with Crippen molar-refractivity contribution in [2.75, 3.05) is 23.3 Å². The van der Waals surface area contributed by atoms with E-state index in [0.717, 1.165) is 42.1 Å². The van der Waals surface area contributed by atoms with Crippen molar-refractivity contribution >= 4 is 29.0 Å². The number of hydrogen-bond donors (Lipinski definition) is 1. The van der Waals surface area contributed by atoms with E-state index in [1.807, 2.05) is 36.4 Å². The minimum absolute atomic E-state index is 0.0292. The van der Waals surface area contributed by atoms with Crippen molar-refractivity contribution in [3.05, 3.63) is 71.2 Å². The number of carbonyl (C=O) groups is 1. The fourth-order valence-electron chi connectivity index (χ4n) is 3.67. The summed E-state index contributed by atoms with van der Waals surface area (Å²) in [5.41, 5.74) is 3.89. The lowest BCUT2D eigenvalue weighted by Gasteiger charge is -2.32. The maximum absolute atomic E-state index is 12.7. The second-order valence-corrected chi connectivity index (χ2v) is 7.81. The smallest absolute Gasteiger partial charge is 0.229 e. The first-order valence-electron chi connectivity index (χ1n) is 9.81. The molecular formula is C23H23ClN4O. The fraction of sp³-hybridized carbons (Fsp3) is 0.261. The van der Waals surface area contributed by atoms with E-state index in [2.05, 4.69) is 39.5 Å². The van der Waals surface area contributed by atoms with Crippen molar-refractivity contribution in [2.24, 2.45) is 5.92 Å². The van der Waals surface area contributed by atoms with Crippen LogP contribution in [0.1, 0.15) is 18.4 Å². The summed E-state index contributed by atoms with van der Waals surface area (Å²) in [7, 11) is 0. The molecule has 2 heterocycles. The van der Waals surface area contributed by atoms with Crippen molar-refractivity contribution in [2.45, 2.75) is 19.8 Å². The first-order valence-corrected chi connectivity index (χ1v) is 10.2. The summed E-state index contributed by atoms with van der Waals surface area (Å²) in [5, 5.41) is 12.5. The Labute approximate surface area is 175 Å². The molecule has 0 saturated carbocycles. The molecular weight excluding hydrogens is 384 g/mol. The molecule has 1 fully saturated rings. The van der Waals surface area contributed by atoms with Gasteiger partial charge in [-0.3, -0.25) is 4.79 Å². The standard InChI is InChI=1S/C23H23ClN4O/c1-16-5-2-3-7-20(16)21-12-13-22(27-26-21)28-14-4-6-17(15-28)23(29)25-19-10-8-18(24)9-11-19/h2-3,5,7-13,17H,4,6,14-15H2,1H3,(H,25,29)/t17-/m1/s1. The average molecular weight is 407 g/mol. The van der Waals surface area contributed by atoms with Gasteiger partial charge in [-0.15, -0.1) is 10.2 Å². The van der Waals surface area contributed by atoms with Crippen LogP contribution < -0.4 is 10.2 Å². The third kappa shape index (κ3) is 4.57. The van der Waals surface area contributed by atoms with E-state index in [-0.39, 0.29) is 11.8 Å². The summed E-state index contributed by atoms with van der Waals surface area (Å²) in [4.78, 5) is 14.8. The molecule has 0 spiro atoms. The van der Waals surface area contributed by atoms with E-state index in [4.69, 9.17) is 11.6 Å². The number of anilines is 2. The summed E-state index contributed by atoms with van der Waals surface area (Å²) in [6, 6.07) is 19.3. The molecule has 1 amide bonds. The Kier molecular flexibility index (Phi) is 5.76. The molecule has 5 nitrogen and oxygen atoms in total. The Hall–Kier alpha value is -2.92. The largest absolute Gasteiger partial charge is 0.354 e. The van der Waals surface area contributed by atoms with Gasteiger partial charge in [-0.1, -0.05) is 35.9 Å². The summed E-state index contributed by atoms with van der Waals surface area (Å²) in [6.45, 7) is 3.58. The van der Waals surface area contributed by atoms with Crippen molar-refractivity contribution in [1.29, 1.82) is 0 Å². The van der Waals surface area contributed by atoms with Crippen LogP contribution in [-0.4, -0.2) is 29.2 Å². The van der Waals surface area contributed by atoms with E-state index >= 15 is 0 Å². The summed E-state index contributed by atoms with van der Waals surface area (Å²) in [5.74, 6) is 0.755. The first-order chi connectivity index (χ1) is 14.1. The monoisotopic (exact) mass is 406 g/mol. The van der Waals surface area contributed by atoms with Crippen LogP contribution in [0.25, 0.3) is 11.3 Å². The van der Waals surface area contributed by atoms with E-state index < -0.39 is 0 Å². The molecule has 0 aliphatic carbocycles. The first kappa shape index (κ1) is 19.4. The van der Waals surface area contributed by atoms with Gasteiger partial charge in [0, 0.05) is 29.4 Å². The maximum atomic E-state index is 12.7. The molecule has 4 rings (SSSR count). The highest BCUT2D eigenvalue weighted by Crippen LogP contribution is 2.25. The van der Waals surface area contributed by atoms with Crippen LogP contribution in [0.5, 0.6) is 0 Å². The quantitative estimate of drug-likeness (QED) is 0.665. The average Bonchev–Trinajstić information content (AvgIpc) is 2.76. The summed E-state index contributed by atoms with van der Waals surface area (Å²) < 4.78 is 0. The normalized spacial score (nSPS) is 16.5. The van der Waals surface area contributed by atoms with E-state index in [0.29, 0.717) is 11.6 Å². The Morgan fingerprint density at radius 1 is 1.07 bits per heavy atom. The Morgan fingerprint density at radius 3 is 2.59 bits per heavy atom. The zero-order valence-corrected chi connectivity index (χ0v) is 17.1. The molecule has 1 N–H and O–H groups in total. The van der Waals surface area contributed by atoms with Gasteiger partial charge in [0.2, 0.25) is 5.91 Å². The molecule has 29 heavy (non-hydrogen) atoms. The minimum Gasteiger partial charge on any atom is -0.354 e. The van der Waals surface area contributed by atoms with Gasteiger partial charge in [-0.05, 0) is 61.7 Å². The lowest BCUT2D eigenvalue weighted by atomic mass is 9.97. The molecule has 2 aromatic carbocycles. The molecule has 1 aromatic heterocycles. The van der Waals surface area contributed by atoms with Crippen LogP contribution in [0.3, 0.4) is 0 Å². The topological polar surface area (TPSA) is 58.1 Å². The van der Waals surface area contributed by atoms with Crippen LogP contribution in [0.2, 0.25) is 5.02 Å². The SMILES string of the molecule is Cc1ccccc1-c1ccc(N2CCC[C@@H](C(=O)Nc3ccc(Cl)cc3)C2)nn1. The predicted octanol–water partition coefficient (Wildman–Crippen LogP) is 4.96. The van der Waals surface area contributed by atoms with Gasteiger partial charge in [-0.25, -0.2) is 0 Å². The van der Waals surface area contributed by atoms with Gasteiger partial charge in [0.1, 0.15) is 0 Å². The number of nitrogens with one attached hydrogen (secondary N) is 1. The number of rotatable bonds is 4. The molecule has 0 bridgehead atoms. The highest BCUT2D eigenvalue weighted by Gasteiger charge is 2.27. The lowest BCUT2D eigenvalue weighted by Crippen LogP contribution is -2.41. The molecule has 0 radical (unpaired) electrons. The van der Waals surface area contributed by atoms with Gasteiger partial charge in [0.25, 0.3) is 0 Å². The van der Waals surface area contributed by atoms with E-state index in [9.17, 15) is 4.79 Å². The zero-order chi connectivity index (χ0) is 20.2. The second-order valence-electron chi connectivity index (χ2n) is 7.37. The highest BCUT2D eigenvalue weighted by molar-refractivity contribution is 6.30. The van der Waals surface area contributed by atoms with Crippen molar-refractivity contribution < 1.29 is 4.79 Å². The van der Waals surface area contributed by atoms with Crippen LogP contribution in [-0.2, 0) is 4.79 Å². The zero-order valence-electron chi connectivity index (χ0n) is 16.3. The summed E-state index contributed by atoms with van der Waals surface area (Å²) >= 11 is 5.91. The number of amides is 1. The predicted molar refractivity (Wildman–Crippen MR) is 117 cm³/mol. The van der Waals surface area contributed by atoms with Crippen molar-refractivity contribution in [3.63, 3.8) is 0 Å². The molecule has 0 unspecified atom stereocenters. The van der Waals surface area contributed by atoms with Gasteiger partial charge < -0.3 is 10.2 Å². The van der Waals surface area contributed by atoms with E-state index in [1.54, 1.807) is 12.1 Å². The second kappa shape index (κ2) is 8.62. The summed E-state index contributed by atoms with van der Waals surface area (Å²) in [6.07, 6.45) is 1.81. The fourth-order valence-corrected chi connectivity index (χ4v) is 3.80. The number of hydrogen-bond acceptors (Lipinski definition) is 4. The number of carbonyl (C=O) groups excluding carboxylic acids is 1. The number of halogens is 1. The van der Waals surface area contributed by atoms with Gasteiger partial charge in [0.15, 0.2) is 5.82 Å². The van der Waals surface area contributed by atoms with Crippen molar-refractivity contribution in [3.8, 4) is 11.3 Å². The molecule has 6 heteroatoms. The number of benzene rings is 2. The number of nitrogens with zero attached hydrogens (tertiary/aromatic N) is 3. The van der Waals surface area contributed by atoms with Gasteiger partial charge >= 0.3 is 0 Å². The van der Waals surface area contributed by atoms with Crippen LogP contribution in [0.4, 0.5) is 11.5 Å². The molecule has 3 aromatic rings. The van der Waals surface area contributed by atoms with Crippen LogP contribution in [0, 0.1) is 12.8 Å². The third-order valence-corrected chi connectivity index (χ3v) is 5.55. The molecule has 148 valence electrons. The number of aromatic nitrogens is 2. The Bertz CT molecular complexity index is 989. The third-order valence-electron chi connectivity index (χ3n) is 5.30. The van der Waals surface area contributed by atoms with E-state index in [1.165, 1.54) is 5.56 Å². The van der Waals surface area contributed by atoms with Crippen LogP contribution >= 0.6 is 11.6 Å². The number of piperidine rings is 1. The van der Waals surface area contributed by atoms with Gasteiger partial charge in [0.05, 0.1) is 11.6 Å². The lowest BCUT2D eigenvalue weighted by molar-refractivity contribution is -0.120. The molecule has 1 saturated heterocycles. The van der Waals surface area contributed by atoms with Crippen molar-refractivity contribution in [1.82, 2.24) is 10.2 Å². The number of aryl methyl sites for hydroxylation is 1. The minimum atomic E-state index is -0.0859.